The average molecular weight is 620 g/mol. The number of rotatable bonds is 9. The smallest absolute Gasteiger partial charge is 0.293 e. The number of nitrogens with zero attached hydrogens (tertiary/aromatic N) is 6. The van der Waals surface area contributed by atoms with Gasteiger partial charge >= 0.3 is 0 Å². The lowest BCUT2D eigenvalue weighted by Gasteiger charge is -2.35. The van der Waals surface area contributed by atoms with E-state index in [-0.39, 0.29) is 33.9 Å². The molecule has 0 aliphatic carbocycles. The summed E-state index contributed by atoms with van der Waals surface area (Å²) in [6.45, 7) is 5.18. The van der Waals surface area contributed by atoms with Gasteiger partial charge in [0, 0.05) is 44.0 Å². The average Bonchev–Trinajstić information content (AvgIpc) is 3.49. The molecule has 0 radical (unpaired) electrons. The monoisotopic (exact) mass is 619 g/mol. The van der Waals surface area contributed by atoms with Crippen molar-refractivity contribution in [2.24, 2.45) is 5.73 Å². The number of amides is 3. The van der Waals surface area contributed by atoms with Crippen LogP contribution in [-0.4, -0.2) is 75.3 Å². The Balaban J connectivity index is 1.38. The Morgan fingerprint density at radius 2 is 1.86 bits per heavy atom. The summed E-state index contributed by atoms with van der Waals surface area (Å²) >= 11 is 6.93. The summed E-state index contributed by atoms with van der Waals surface area (Å²) in [5, 5.41) is 5.48. The highest BCUT2D eigenvalue weighted by molar-refractivity contribution is 7.13. The van der Waals surface area contributed by atoms with Crippen LogP contribution in [0, 0.1) is 0 Å². The van der Waals surface area contributed by atoms with E-state index in [4.69, 9.17) is 17.3 Å². The summed E-state index contributed by atoms with van der Waals surface area (Å²) in [4.78, 5) is 57.8. The number of anilines is 2. The zero-order valence-electron chi connectivity index (χ0n) is 22.7. The van der Waals surface area contributed by atoms with E-state index in [0.29, 0.717) is 43.1 Å². The Morgan fingerprint density at radius 1 is 1.12 bits per heavy atom. The number of hydrogen-bond donors (Lipinski definition) is 3. The summed E-state index contributed by atoms with van der Waals surface area (Å²) in [6, 6.07) is 2.00. The lowest BCUT2D eigenvalue weighted by atomic mass is 10.1. The largest absolute Gasteiger partial charge is 0.353 e. The zero-order chi connectivity index (χ0) is 30.4. The summed E-state index contributed by atoms with van der Waals surface area (Å²) < 4.78 is 28.7. The van der Waals surface area contributed by atoms with E-state index in [2.05, 4.69) is 30.6 Å². The van der Waals surface area contributed by atoms with E-state index in [1.54, 1.807) is 17.9 Å². The van der Waals surface area contributed by atoms with Gasteiger partial charge in [-0.15, -0.1) is 11.3 Å². The quantitative estimate of drug-likeness (QED) is 0.306. The molecule has 4 heterocycles. The maximum absolute atomic E-state index is 14.4. The molecule has 3 aromatic heterocycles. The molecule has 1 unspecified atom stereocenters. The molecule has 1 saturated heterocycles. The van der Waals surface area contributed by atoms with Crippen LogP contribution in [0.1, 0.15) is 50.6 Å². The maximum Gasteiger partial charge on any atom is 0.293 e. The highest BCUT2D eigenvalue weighted by Crippen LogP contribution is 2.35. The number of allylic oxidation sites excluding steroid dienone is 2. The first kappa shape index (κ1) is 30.9. The number of nitrogens with two attached hydrogens (primary N) is 1. The first-order valence-electron chi connectivity index (χ1n) is 12.8. The Kier molecular flexibility index (Phi) is 9.75. The molecular weight excluding hydrogens is 592 g/mol. The predicted octanol–water partition coefficient (Wildman–Crippen LogP) is 3.00. The number of nitrogens with one attached hydrogen (secondary N) is 2. The van der Waals surface area contributed by atoms with Crippen molar-refractivity contribution < 1.29 is 23.2 Å². The topological polar surface area (TPSA) is 159 Å². The molecule has 1 aliphatic heterocycles. The second-order valence-electron chi connectivity index (χ2n) is 9.22. The fraction of sp³-hybridized carbons (Fsp3) is 0.346. The molecule has 0 saturated carbocycles. The molecular formula is C26H28ClF2N9O3S. The Morgan fingerprint density at radius 3 is 2.55 bits per heavy atom. The van der Waals surface area contributed by atoms with Crippen molar-refractivity contribution in [2.75, 3.05) is 42.9 Å². The fourth-order valence-corrected chi connectivity index (χ4v) is 5.17. The van der Waals surface area contributed by atoms with Crippen molar-refractivity contribution >= 4 is 52.3 Å². The summed E-state index contributed by atoms with van der Waals surface area (Å²) in [5.41, 5.74) is 5.08. The van der Waals surface area contributed by atoms with E-state index in [1.807, 2.05) is 4.90 Å². The number of piperazine rings is 1. The zero-order valence-corrected chi connectivity index (χ0v) is 24.3. The van der Waals surface area contributed by atoms with Gasteiger partial charge in [0.1, 0.15) is 33.5 Å². The van der Waals surface area contributed by atoms with E-state index >= 15 is 0 Å². The summed E-state index contributed by atoms with van der Waals surface area (Å²) in [7, 11) is 0. The number of halogens is 3. The van der Waals surface area contributed by atoms with Crippen LogP contribution in [0.2, 0.25) is 5.02 Å². The fourth-order valence-electron chi connectivity index (χ4n) is 4.12. The van der Waals surface area contributed by atoms with Gasteiger partial charge in [0.25, 0.3) is 17.7 Å². The number of hydrogen-bond acceptors (Lipinski definition) is 10. The third-order valence-electron chi connectivity index (χ3n) is 6.31. The third kappa shape index (κ3) is 7.21. The molecule has 0 bridgehead atoms. The van der Waals surface area contributed by atoms with Gasteiger partial charge in [-0.3, -0.25) is 14.4 Å². The van der Waals surface area contributed by atoms with Crippen LogP contribution in [0.5, 0.6) is 0 Å². The van der Waals surface area contributed by atoms with Gasteiger partial charge in [-0.25, -0.2) is 19.9 Å². The highest BCUT2D eigenvalue weighted by atomic mass is 35.5. The van der Waals surface area contributed by atoms with E-state index in [0.717, 1.165) is 23.6 Å². The maximum atomic E-state index is 14.4. The SMILES string of the molecule is C/C=C/C(F)(F)c1cc(NC(=O)c2cnc(C(C)NC(=O)c3cc(N4CCN(C(=O)CN)CC4)ncn3)s2)ncc1Cl. The molecule has 1 aliphatic rings. The van der Waals surface area contributed by atoms with Gasteiger partial charge in [-0.05, 0) is 26.0 Å². The number of alkyl halides is 2. The molecule has 42 heavy (non-hydrogen) atoms. The highest BCUT2D eigenvalue weighted by Gasteiger charge is 2.31. The van der Waals surface area contributed by atoms with Crippen molar-refractivity contribution in [1.82, 2.24) is 30.2 Å². The second-order valence-corrected chi connectivity index (χ2v) is 10.7. The van der Waals surface area contributed by atoms with Gasteiger partial charge in [-0.2, -0.15) is 8.78 Å². The van der Waals surface area contributed by atoms with Crippen molar-refractivity contribution in [3.05, 3.63) is 69.2 Å². The molecule has 1 atom stereocenters. The van der Waals surface area contributed by atoms with Crippen LogP contribution in [0.15, 0.2) is 43.0 Å². The van der Waals surface area contributed by atoms with Crippen molar-refractivity contribution in [3.63, 3.8) is 0 Å². The standard InChI is InChI=1S/C26H28ClF2N9O3S/c1-3-4-26(28,29)16-9-20(31-12-17(16)27)36-24(41)19-13-32-25(42-19)15(2)35-23(40)18-10-21(34-14-33-18)37-5-7-38(8-6-37)22(39)11-30/h3-4,9-10,12-15H,5-8,11,30H2,1-2H3,(H,35,40)(H,31,36,41)/b4-3+. The third-order valence-corrected chi connectivity index (χ3v) is 7.79. The van der Waals surface area contributed by atoms with E-state index in [9.17, 15) is 23.2 Å². The number of carbonyl (C=O) groups is 3. The predicted molar refractivity (Wildman–Crippen MR) is 154 cm³/mol. The van der Waals surface area contributed by atoms with Crippen LogP contribution in [0.3, 0.4) is 0 Å². The minimum Gasteiger partial charge on any atom is -0.353 e. The molecule has 3 aromatic rings. The molecule has 16 heteroatoms. The normalized spacial score (nSPS) is 14.6. The van der Waals surface area contributed by atoms with Crippen LogP contribution in [0.4, 0.5) is 20.4 Å². The molecule has 4 rings (SSSR count). The van der Waals surface area contributed by atoms with Crippen molar-refractivity contribution in [2.45, 2.75) is 25.8 Å². The van der Waals surface area contributed by atoms with Gasteiger partial charge in [-0.1, -0.05) is 17.7 Å². The van der Waals surface area contributed by atoms with Crippen molar-refractivity contribution in [3.8, 4) is 0 Å². The molecule has 1 fully saturated rings. The number of aromatic nitrogens is 4. The molecule has 222 valence electrons. The minimum atomic E-state index is -3.34. The van der Waals surface area contributed by atoms with Crippen LogP contribution in [-0.2, 0) is 10.7 Å². The summed E-state index contributed by atoms with van der Waals surface area (Å²) in [6.07, 6.45) is 5.56. The first-order chi connectivity index (χ1) is 20.0. The van der Waals surface area contributed by atoms with Gasteiger partial charge < -0.3 is 26.2 Å². The van der Waals surface area contributed by atoms with Gasteiger partial charge in [0.2, 0.25) is 5.91 Å². The molecule has 3 amide bonds. The van der Waals surface area contributed by atoms with Crippen molar-refractivity contribution in [1.29, 1.82) is 0 Å². The van der Waals surface area contributed by atoms with Crippen LogP contribution in [0.25, 0.3) is 0 Å². The lowest BCUT2D eigenvalue weighted by Crippen LogP contribution is -2.50. The molecule has 0 aromatic carbocycles. The number of thiazole rings is 1. The van der Waals surface area contributed by atoms with Gasteiger partial charge in [0.15, 0.2) is 0 Å². The molecule has 12 nitrogen and oxygen atoms in total. The Labute approximate surface area is 249 Å². The van der Waals surface area contributed by atoms with E-state index in [1.165, 1.54) is 25.5 Å². The minimum absolute atomic E-state index is 0.0414. The van der Waals surface area contributed by atoms with Gasteiger partial charge in [0.05, 0.1) is 23.8 Å². The van der Waals surface area contributed by atoms with Crippen LogP contribution < -0.4 is 21.3 Å². The lowest BCUT2D eigenvalue weighted by molar-refractivity contribution is -0.129. The number of carbonyl (C=O) groups excluding carboxylic acids is 3. The number of pyridine rings is 1. The van der Waals surface area contributed by atoms with E-state index < -0.39 is 29.3 Å². The second kappa shape index (κ2) is 13.3. The molecule has 0 spiro atoms. The van der Waals surface area contributed by atoms with Crippen LogP contribution >= 0.6 is 22.9 Å². The molecule has 4 N–H and O–H groups in total. The first-order valence-corrected chi connectivity index (χ1v) is 14.0. The Bertz CT molecular complexity index is 1500. The summed E-state index contributed by atoms with van der Waals surface area (Å²) in [5.74, 6) is -4.09. The Hall–Kier alpha value is -4.08.